The summed E-state index contributed by atoms with van der Waals surface area (Å²) < 4.78 is 24.2. The summed E-state index contributed by atoms with van der Waals surface area (Å²) in [6.45, 7) is 0. The van der Waals surface area contributed by atoms with Gasteiger partial charge in [-0.2, -0.15) is 0 Å². The van der Waals surface area contributed by atoms with Gasteiger partial charge >= 0.3 is 0 Å². The first-order chi connectivity index (χ1) is 11.4. The molecule has 0 unspecified atom stereocenters. The van der Waals surface area contributed by atoms with Gasteiger partial charge in [-0.25, -0.2) is 4.39 Å². The van der Waals surface area contributed by atoms with Crippen LogP contribution in [0.4, 0.5) is 10.1 Å². The second-order valence-electron chi connectivity index (χ2n) is 4.70. The number of nitrogens with one attached hydrogen (secondary N) is 1. The molecule has 0 radical (unpaired) electrons. The summed E-state index contributed by atoms with van der Waals surface area (Å²) in [4.78, 5) is 24.1. The smallest absolute Gasteiger partial charge is 0.256 e. The Bertz CT molecular complexity index is 811. The number of carbonyl (C=O) groups is 2. The van der Waals surface area contributed by atoms with Crippen molar-refractivity contribution in [2.75, 3.05) is 19.5 Å². The van der Waals surface area contributed by atoms with Gasteiger partial charge in [-0.15, -0.1) is 0 Å². The van der Waals surface area contributed by atoms with E-state index in [0.29, 0.717) is 15.1 Å². The molecular weight excluding hydrogens is 430 g/mol. The SMILES string of the molecule is COc1cc(NC(=O)c2cc(F)ccc2I)c(C(N)=O)cc1OC. The lowest BCUT2D eigenvalue weighted by Gasteiger charge is -2.14. The van der Waals surface area contributed by atoms with E-state index in [4.69, 9.17) is 15.2 Å². The van der Waals surface area contributed by atoms with Crippen molar-refractivity contribution < 1.29 is 23.5 Å². The molecule has 2 aromatic carbocycles. The Balaban J connectivity index is 2.46. The van der Waals surface area contributed by atoms with Gasteiger partial charge in [-0.1, -0.05) is 0 Å². The normalized spacial score (nSPS) is 10.2. The number of halogens is 2. The van der Waals surface area contributed by atoms with Crippen LogP contribution in [0.3, 0.4) is 0 Å². The lowest BCUT2D eigenvalue weighted by molar-refractivity contribution is 0.100. The van der Waals surface area contributed by atoms with Crippen LogP contribution in [0, 0.1) is 9.39 Å². The van der Waals surface area contributed by atoms with E-state index in [1.165, 1.54) is 38.5 Å². The van der Waals surface area contributed by atoms with Crippen molar-refractivity contribution in [2.45, 2.75) is 0 Å². The quantitative estimate of drug-likeness (QED) is 0.695. The fourth-order valence-corrected chi connectivity index (χ4v) is 2.63. The van der Waals surface area contributed by atoms with Crippen molar-refractivity contribution in [3.8, 4) is 11.5 Å². The van der Waals surface area contributed by atoms with E-state index < -0.39 is 17.6 Å². The average molecular weight is 444 g/mol. The molecule has 2 aromatic rings. The van der Waals surface area contributed by atoms with E-state index in [2.05, 4.69) is 5.32 Å². The molecule has 0 bridgehead atoms. The molecule has 0 atom stereocenters. The van der Waals surface area contributed by atoms with Gasteiger partial charge in [0.05, 0.1) is 31.0 Å². The number of nitrogens with two attached hydrogens (primary N) is 1. The molecule has 0 aliphatic heterocycles. The molecule has 2 rings (SSSR count). The van der Waals surface area contributed by atoms with Crippen LogP contribution in [-0.4, -0.2) is 26.0 Å². The van der Waals surface area contributed by atoms with Crippen LogP contribution in [-0.2, 0) is 0 Å². The zero-order valence-electron chi connectivity index (χ0n) is 12.9. The summed E-state index contributed by atoms with van der Waals surface area (Å²) in [6.07, 6.45) is 0. The monoisotopic (exact) mass is 444 g/mol. The molecule has 6 nitrogen and oxygen atoms in total. The Morgan fingerprint density at radius 3 is 2.29 bits per heavy atom. The van der Waals surface area contributed by atoms with Crippen LogP contribution in [0.2, 0.25) is 0 Å². The number of hydrogen-bond donors (Lipinski definition) is 2. The number of methoxy groups -OCH3 is 2. The summed E-state index contributed by atoms with van der Waals surface area (Å²) in [5.74, 6) is -1.26. The fraction of sp³-hybridized carbons (Fsp3) is 0.125. The van der Waals surface area contributed by atoms with Crippen LogP contribution in [0.1, 0.15) is 20.7 Å². The van der Waals surface area contributed by atoms with Gasteiger partial charge in [0.1, 0.15) is 5.82 Å². The number of hydrogen-bond acceptors (Lipinski definition) is 4. The molecule has 2 amide bonds. The Kier molecular flexibility index (Phi) is 5.60. The van der Waals surface area contributed by atoms with Gasteiger partial charge in [-0.3, -0.25) is 9.59 Å². The van der Waals surface area contributed by atoms with E-state index >= 15 is 0 Å². The van der Waals surface area contributed by atoms with Gasteiger partial charge in [0.15, 0.2) is 11.5 Å². The van der Waals surface area contributed by atoms with Gasteiger partial charge in [0.2, 0.25) is 0 Å². The summed E-state index contributed by atoms with van der Waals surface area (Å²) >= 11 is 1.92. The molecule has 0 heterocycles. The third-order valence-electron chi connectivity index (χ3n) is 3.21. The molecule has 126 valence electrons. The second kappa shape index (κ2) is 7.47. The van der Waals surface area contributed by atoms with Crippen molar-refractivity contribution in [1.82, 2.24) is 0 Å². The number of benzene rings is 2. The first-order valence-corrected chi connectivity index (χ1v) is 7.77. The highest BCUT2D eigenvalue weighted by atomic mass is 127. The summed E-state index contributed by atoms with van der Waals surface area (Å²) in [6, 6.07) is 6.64. The molecule has 0 fully saturated rings. The number of amides is 2. The minimum atomic E-state index is -0.750. The topological polar surface area (TPSA) is 90.6 Å². The predicted octanol–water partition coefficient (Wildman–Crippen LogP) is 2.80. The molecule has 0 spiro atoms. The first kappa shape index (κ1) is 18.0. The molecule has 0 aliphatic rings. The Morgan fingerprint density at radius 1 is 1.08 bits per heavy atom. The number of carbonyl (C=O) groups excluding carboxylic acids is 2. The summed E-state index contributed by atoms with van der Waals surface area (Å²) in [5.41, 5.74) is 5.68. The lowest BCUT2D eigenvalue weighted by Crippen LogP contribution is -2.19. The highest BCUT2D eigenvalue weighted by molar-refractivity contribution is 14.1. The maximum absolute atomic E-state index is 13.4. The van der Waals surface area contributed by atoms with Crippen LogP contribution in [0.15, 0.2) is 30.3 Å². The van der Waals surface area contributed by atoms with Crippen LogP contribution >= 0.6 is 22.6 Å². The third-order valence-corrected chi connectivity index (χ3v) is 4.15. The van der Waals surface area contributed by atoms with Crippen molar-refractivity contribution in [2.24, 2.45) is 5.73 Å². The molecule has 0 aromatic heterocycles. The van der Waals surface area contributed by atoms with Crippen LogP contribution in [0.5, 0.6) is 11.5 Å². The number of rotatable bonds is 5. The second-order valence-corrected chi connectivity index (χ2v) is 5.86. The van der Waals surface area contributed by atoms with Gasteiger partial charge in [-0.05, 0) is 46.9 Å². The Hall–Kier alpha value is -2.36. The molecule has 24 heavy (non-hydrogen) atoms. The van der Waals surface area contributed by atoms with E-state index in [9.17, 15) is 14.0 Å². The zero-order valence-corrected chi connectivity index (χ0v) is 15.0. The van der Waals surface area contributed by atoms with Gasteiger partial charge < -0.3 is 20.5 Å². The largest absolute Gasteiger partial charge is 0.493 e. The highest BCUT2D eigenvalue weighted by Gasteiger charge is 2.18. The van der Waals surface area contributed by atoms with Crippen LogP contribution < -0.4 is 20.5 Å². The van der Waals surface area contributed by atoms with E-state index in [-0.39, 0.29) is 16.8 Å². The van der Waals surface area contributed by atoms with Gasteiger partial charge in [0.25, 0.3) is 11.8 Å². The maximum atomic E-state index is 13.4. The molecular formula is C16H14FIN2O4. The van der Waals surface area contributed by atoms with Gasteiger partial charge in [0, 0.05) is 9.64 Å². The van der Waals surface area contributed by atoms with Crippen molar-refractivity contribution in [1.29, 1.82) is 0 Å². The maximum Gasteiger partial charge on any atom is 0.256 e. The molecule has 3 N–H and O–H groups in total. The Morgan fingerprint density at radius 2 is 1.71 bits per heavy atom. The van der Waals surface area contributed by atoms with Crippen molar-refractivity contribution in [3.05, 3.63) is 50.8 Å². The zero-order chi connectivity index (χ0) is 17.9. The minimum absolute atomic E-state index is 0.0485. The third kappa shape index (κ3) is 3.75. The molecule has 0 aliphatic carbocycles. The summed E-state index contributed by atoms with van der Waals surface area (Å²) in [5, 5.41) is 2.56. The number of ether oxygens (including phenoxy) is 2. The standard InChI is InChI=1S/C16H14FIN2O4/c1-23-13-6-10(15(19)21)12(7-14(13)24-2)20-16(22)9-5-8(17)3-4-11(9)18/h3-7H,1-2H3,(H2,19,21)(H,20,22). The van der Waals surface area contributed by atoms with Crippen molar-refractivity contribution >= 4 is 40.1 Å². The fourth-order valence-electron chi connectivity index (χ4n) is 2.05. The van der Waals surface area contributed by atoms with E-state index in [0.717, 1.165) is 6.07 Å². The molecule has 8 heteroatoms. The molecule has 0 saturated carbocycles. The summed E-state index contributed by atoms with van der Waals surface area (Å²) in [7, 11) is 2.83. The highest BCUT2D eigenvalue weighted by Crippen LogP contribution is 2.33. The van der Waals surface area contributed by atoms with E-state index in [1.807, 2.05) is 22.6 Å². The Labute approximate surface area is 151 Å². The molecule has 0 saturated heterocycles. The number of anilines is 1. The van der Waals surface area contributed by atoms with Crippen molar-refractivity contribution in [3.63, 3.8) is 0 Å². The van der Waals surface area contributed by atoms with E-state index in [1.54, 1.807) is 0 Å². The van der Waals surface area contributed by atoms with Crippen LogP contribution in [0.25, 0.3) is 0 Å². The predicted molar refractivity (Wildman–Crippen MR) is 95.1 cm³/mol. The average Bonchev–Trinajstić information content (AvgIpc) is 2.56. The minimum Gasteiger partial charge on any atom is -0.493 e. The number of primary amides is 1. The first-order valence-electron chi connectivity index (χ1n) is 6.69. The lowest BCUT2D eigenvalue weighted by atomic mass is 10.1.